The predicted octanol–water partition coefficient (Wildman–Crippen LogP) is 1.45. The molecule has 134 valence electrons. The highest BCUT2D eigenvalue weighted by Gasteiger charge is 2.19. The van der Waals surface area contributed by atoms with Gasteiger partial charge in [-0.15, -0.1) is 0 Å². The minimum atomic E-state index is -1.06. The molecule has 0 aromatic heterocycles. The first-order chi connectivity index (χ1) is 12.0. The Hall–Kier alpha value is -2.52. The average molecular weight is 348 g/mol. The lowest BCUT2D eigenvalue weighted by Gasteiger charge is -2.22. The summed E-state index contributed by atoms with van der Waals surface area (Å²) in [6.07, 6.45) is -0.952. The number of amides is 2. The maximum absolute atomic E-state index is 13.4. The molecule has 25 heavy (non-hydrogen) atoms. The van der Waals surface area contributed by atoms with Crippen LogP contribution in [0.15, 0.2) is 28.2 Å². The number of nitrogens with zero attached hydrogens (tertiary/aromatic N) is 2. The molecule has 3 rings (SSSR count). The van der Waals surface area contributed by atoms with Crippen molar-refractivity contribution in [2.75, 3.05) is 12.4 Å². The molecule has 1 aromatic rings. The van der Waals surface area contributed by atoms with Crippen molar-refractivity contribution in [3.05, 3.63) is 29.3 Å². The van der Waals surface area contributed by atoms with Crippen molar-refractivity contribution in [2.45, 2.75) is 38.9 Å². The summed E-state index contributed by atoms with van der Waals surface area (Å²) in [4.78, 5) is 25.6. The van der Waals surface area contributed by atoms with Crippen LogP contribution in [0.3, 0.4) is 0 Å². The van der Waals surface area contributed by atoms with E-state index < -0.39 is 18.6 Å². The molecule has 0 spiro atoms. The Kier molecular flexibility index (Phi) is 5.25. The molecule has 2 aliphatic rings. The van der Waals surface area contributed by atoms with Crippen LogP contribution in [0.2, 0.25) is 0 Å². The summed E-state index contributed by atoms with van der Waals surface area (Å²) in [6, 6.07) is 5.02. The summed E-state index contributed by atoms with van der Waals surface area (Å²) in [5.74, 6) is 0.593. The highest BCUT2D eigenvalue weighted by atomic mass is 19.1. The first-order valence-corrected chi connectivity index (χ1v) is 7.99. The number of alkyl halides is 1. The number of hydroxylamine groups is 1. The molecule has 0 radical (unpaired) electrons. The van der Waals surface area contributed by atoms with Crippen LogP contribution in [0, 0.1) is 0 Å². The van der Waals surface area contributed by atoms with Crippen LogP contribution >= 0.6 is 0 Å². The highest BCUT2D eigenvalue weighted by molar-refractivity contribution is 6.03. The van der Waals surface area contributed by atoms with E-state index in [0.29, 0.717) is 24.5 Å². The summed E-state index contributed by atoms with van der Waals surface area (Å²) in [6.45, 7) is 2.34. The van der Waals surface area contributed by atoms with Gasteiger partial charge in [-0.25, -0.2) is 19.2 Å². The van der Waals surface area contributed by atoms with Crippen LogP contribution in [-0.2, 0) is 17.8 Å². The number of hydrogen-bond acceptors (Lipinski definition) is 6. The van der Waals surface area contributed by atoms with Gasteiger partial charge in [0.05, 0.1) is 7.11 Å². The largest absolute Gasteiger partial charge is 0.322 e. The summed E-state index contributed by atoms with van der Waals surface area (Å²) >= 11 is 0. The quantitative estimate of drug-likeness (QED) is 0.491. The van der Waals surface area contributed by atoms with Crippen molar-refractivity contribution in [3.8, 4) is 0 Å². The number of hydrogen-bond donors (Lipinski definition) is 4. The van der Waals surface area contributed by atoms with Crippen molar-refractivity contribution in [2.24, 2.45) is 9.98 Å². The smallest absolute Gasteiger partial charge is 0.308 e. The molecule has 2 heterocycles. The van der Waals surface area contributed by atoms with Crippen molar-refractivity contribution in [3.63, 3.8) is 0 Å². The number of urea groups is 1. The van der Waals surface area contributed by atoms with E-state index in [0.717, 1.165) is 16.8 Å². The van der Waals surface area contributed by atoms with E-state index in [1.54, 1.807) is 12.1 Å². The van der Waals surface area contributed by atoms with E-state index >= 15 is 0 Å². The fourth-order valence-corrected chi connectivity index (χ4v) is 2.80. The third-order valence-electron chi connectivity index (χ3n) is 3.90. The number of rotatable bonds is 3. The second-order valence-electron chi connectivity index (χ2n) is 5.93. The lowest BCUT2D eigenvalue weighted by molar-refractivity contribution is 0.142. The van der Waals surface area contributed by atoms with E-state index in [9.17, 15) is 9.18 Å². The lowest BCUT2D eigenvalue weighted by Crippen LogP contribution is -2.40. The van der Waals surface area contributed by atoms with Crippen molar-refractivity contribution < 1.29 is 14.0 Å². The number of benzene rings is 1. The van der Waals surface area contributed by atoms with E-state index in [1.165, 1.54) is 7.11 Å². The monoisotopic (exact) mass is 348 g/mol. The van der Waals surface area contributed by atoms with Gasteiger partial charge in [0.1, 0.15) is 5.84 Å². The zero-order valence-electron chi connectivity index (χ0n) is 14.1. The van der Waals surface area contributed by atoms with Gasteiger partial charge < -0.3 is 5.32 Å². The number of halogens is 1. The van der Waals surface area contributed by atoms with Crippen LogP contribution in [0.25, 0.3) is 0 Å². The zero-order chi connectivity index (χ0) is 17.8. The van der Waals surface area contributed by atoms with Crippen molar-refractivity contribution in [1.29, 1.82) is 0 Å². The van der Waals surface area contributed by atoms with Crippen molar-refractivity contribution in [1.82, 2.24) is 16.1 Å². The predicted molar refractivity (Wildman–Crippen MR) is 93.1 cm³/mol. The molecule has 0 saturated carbocycles. The molecule has 9 heteroatoms. The Morgan fingerprint density at radius 3 is 3.00 bits per heavy atom. The third-order valence-corrected chi connectivity index (χ3v) is 3.90. The number of fused-ring (bicyclic) bond motifs is 1. The Morgan fingerprint density at radius 1 is 1.36 bits per heavy atom. The van der Waals surface area contributed by atoms with Crippen LogP contribution in [0.1, 0.15) is 24.5 Å². The molecule has 8 nitrogen and oxygen atoms in total. The summed E-state index contributed by atoms with van der Waals surface area (Å²) in [5, 5.41) is 8.16. The summed E-state index contributed by atoms with van der Waals surface area (Å²) < 4.78 is 13.4. The number of amidine groups is 1. The number of carbonyl (C=O) groups is 1. The van der Waals surface area contributed by atoms with Gasteiger partial charge in [0.15, 0.2) is 6.30 Å². The minimum Gasteiger partial charge on any atom is -0.308 e. The summed E-state index contributed by atoms with van der Waals surface area (Å²) in [5.41, 5.74) is 6.01. The van der Waals surface area contributed by atoms with Gasteiger partial charge in [-0.1, -0.05) is 6.07 Å². The second-order valence-corrected chi connectivity index (χ2v) is 5.93. The fraction of sp³-hybridized carbons (Fsp3) is 0.438. The van der Waals surface area contributed by atoms with Crippen molar-refractivity contribution >= 4 is 23.3 Å². The van der Waals surface area contributed by atoms with Crippen LogP contribution < -0.4 is 21.4 Å². The minimum absolute atomic E-state index is 0.287. The van der Waals surface area contributed by atoms with Gasteiger partial charge in [-0.05, 0) is 30.2 Å². The Bertz CT molecular complexity index is 721. The molecule has 2 atom stereocenters. The topological polar surface area (TPSA) is 99.1 Å². The van der Waals surface area contributed by atoms with E-state index in [1.807, 2.05) is 13.0 Å². The molecule has 0 saturated heterocycles. The number of aliphatic imine (C=N–C) groups is 2. The average Bonchev–Trinajstić information content (AvgIpc) is 2.54. The van der Waals surface area contributed by atoms with Gasteiger partial charge in [-0.2, -0.15) is 0 Å². The van der Waals surface area contributed by atoms with Crippen LogP contribution in [0.5, 0.6) is 0 Å². The Labute approximate surface area is 144 Å². The second kappa shape index (κ2) is 7.58. The zero-order valence-corrected chi connectivity index (χ0v) is 14.1. The van der Waals surface area contributed by atoms with Gasteiger partial charge in [0.25, 0.3) is 0 Å². The molecular weight excluding hydrogens is 327 g/mol. The lowest BCUT2D eigenvalue weighted by atomic mass is 10.00. The molecule has 4 N–H and O–H groups in total. The molecular formula is C16H21FN6O2. The number of anilines is 1. The van der Waals surface area contributed by atoms with E-state index in [4.69, 9.17) is 4.84 Å². The van der Waals surface area contributed by atoms with Crippen LogP contribution in [-0.4, -0.2) is 37.3 Å². The normalized spacial score (nSPS) is 22.4. The van der Waals surface area contributed by atoms with E-state index in [2.05, 4.69) is 31.4 Å². The molecule has 2 aliphatic heterocycles. The molecule has 0 aliphatic carbocycles. The van der Waals surface area contributed by atoms with Gasteiger partial charge >= 0.3 is 6.03 Å². The van der Waals surface area contributed by atoms with Gasteiger partial charge in [0, 0.05) is 30.8 Å². The van der Waals surface area contributed by atoms with E-state index in [-0.39, 0.29) is 6.42 Å². The van der Waals surface area contributed by atoms with Gasteiger partial charge in [-0.3, -0.25) is 21.0 Å². The molecule has 2 unspecified atom stereocenters. The molecule has 0 bridgehead atoms. The Morgan fingerprint density at radius 2 is 2.20 bits per heavy atom. The summed E-state index contributed by atoms with van der Waals surface area (Å²) in [7, 11) is 1.49. The molecule has 2 amide bonds. The fourth-order valence-electron chi connectivity index (χ4n) is 2.80. The highest BCUT2D eigenvalue weighted by Crippen LogP contribution is 2.21. The third kappa shape index (κ3) is 4.52. The molecule has 0 fully saturated rings. The Balaban J connectivity index is 1.63. The standard InChI is InChI=1S/C16H21FN6O2/c1-9-5-14(23-25-2)21-15(19-9)22-16(24)20-12-4-3-10-8-18-13(17)7-11(10)6-12/h3-4,6,13,15,18H,5,7-8H2,1-2H3,(H,21,23)(H2,20,22,24). The number of carbonyl (C=O) groups excluding carboxylic acids is 1. The first kappa shape index (κ1) is 17.3. The molecule has 1 aromatic carbocycles. The maximum Gasteiger partial charge on any atom is 0.322 e. The van der Waals surface area contributed by atoms with Gasteiger partial charge in [0.2, 0.25) is 6.29 Å². The SMILES string of the molecule is CONC1=NC(NC(=O)Nc2ccc3c(c2)CC(F)NC3)N=C(C)C1. The maximum atomic E-state index is 13.4. The first-order valence-electron chi connectivity index (χ1n) is 7.99. The van der Waals surface area contributed by atoms with Crippen LogP contribution in [0.4, 0.5) is 14.9 Å². The number of nitrogens with one attached hydrogen (secondary N) is 4.